The third-order valence-electron chi connectivity index (χ3n) is 3.69. The largest absolute Gasteiger partial charge is 0.490 e. The Kier molecular flexibility index (Phi) is 7.67. The first-order chi connectivity index (χ1) is 13.1. The van der Waals surface area contributed by atoms with Gasteiger partial charge in [-0.05, 0) is 55.3 Å². The van der Waals surface area contributed by atoms with E-state index in [1.54, 1.807) is 42.5 Å². The summed E-state index contributed by atoms with van der Waals surface area (Å²) in [7, 11) is 1.32. The minimum absolute atomic E-state index is 0.274. The van der Waals surface area contributed by atoms with E-state index in [4.69, 9.17) is 9.47 Å². The molecular formula is C21H25NO5. The second-order valence-electron chi connectivity index (χ2n) is 5.88. The Labute approximate surface area is 159 Å². The number of carbonyl (C=O) groups excluding carboxylic acids is 2. The lowest BCUT2D eigenvalue weighted by molar-refractivity contribution is 0.0600. The first kappa shape index (κ1) is 20.3. The molecule has 2 rings (SSSR count). The first-order valence-corrected chi connectivity index (χ1v) is 8.98. The van der Waals surface area contributed by atoms with Gasteiger partial charge in [0, 0.05) is 11.3 Å². The van der Waals surface area contributed by atoms with Gasteiger partial charge >= 0.3 is 5.97 Å². The average molecular weight is 371 g/mol. The summed E-state index contributed by atoms with van der Waals surface area (Å²) in [6, 6.07) is 11.6. The number of anilines is 1. The van der Waals surface area contributed by atoms with E-state index in [1.807, 2.05) is 13.8 Å². The summed E-state index contributed by atoms with van der Waals surface area (Å²) in [4.78, 5) is 24.0. The molecule has 0 bridgehead atoms. The van der Waals surface area contributed by atoms with Gasteiger partial charge in [0.2, 0.25) is 0 Å². The van der Waals surface area contributed by atoms with E-state index in [0.29, 0.717) is 41.5 Å². The van der Waals surface area contributed by atoms with Crippen LogP contribution in [0.3, 0.4) is 0 Å². The van der Waals surface area contributed by atoms with Crippen LogP contribution in [0.5, 0.6) is 11.5 Å². The number of benzene rings is 2. The van der Waals surface area contributed by atoms with Crippen molar-refractivity contribution in [2.75, 3.05) is 25.6 Å². The number of carbonyl (C=O) groups is 2. The van der Waals surface area contributed by atoms with Crippen molar-refractivity contribution in [3.05, 3.63) is 53.6 Å². The molecule has 0 unspecified atom stereocenters. The highest BCUT2D eigenvalue weighted by Crippen LogP contribution is 2.29. The molecule has 0 fully saturated rings. The number of esters is 1. The van der Waals surface area contributed by atoms with Gasteiger partial charge < -0.3 is 19.5 Å². The Bertz CT molecular complexity index is 771. The zero-order chi connectivity index (χ0) is 19.6. The molecule has 6 nitrogen and oxygen atoms in total. The molecule has 0 heterocycles. The molecule has 6 heteroatoms. The normalized spacial score (nSPS) is 10.2. The molecule has 0 aliphatic rings. The fourth-order valence-corrected chi connectivity index (χ4v) is 2.32. The molecule has 0 spiro atoms. The predicted octanol–water partition coefficient (Wildman–Crippen LogP) is 4.30. The molecule has 0 radical (unpaired) electrons. The highest BCUT2D eigenvalue weighted by molar-refractivity contribution is 6.04. The van der Waals surface area contributed by atoms with Crippen LogP contribution in [0.15, 0.2) is 42.5 Å². The number of hydrogen-bond donors (Lipinski definition) is 1. The standard InChI is InChI=1S/C21H25NO5/c1-4-12-26-18-11-8-16(14-19(18)27-13-5-2)20(23)22-17-9-6-15(7-10-17)21(24)25-3/h6-11,14H,4-5,12-13H2,1-3H3,(H,22,23). The summed E-state index contributed by atoms with van der Waals surface area (Å²) >= 11 is 0. The van der Waals surface area contributed by atoms with Gasteiger partial charge in [-0.2, -0.15) is 0 Å². The lowest BCUT2D eigenvalue weighted by Gasteiger charge is -2.13. The van der Waals surface area contributed by atoms with Gasteiger partial charge in [0.1, 0.15) is 0 Å². The molecule has 0 aliphatic heterocycles. The number of ether oxygens (including phenoxy) is 3. The monoisotopic (exact) mass is 371 g/mol. The SMILES string of the molecule is CCCOc1ccc(C(=O)Nc2ccc(C(=O)OC)cc2)cc1OCCC. The summed E-state index contributed by atoms with van der Waals surface area (Å²) in [5.41, 5.74) is 1.46. The van der Waals surface area contributed by atoms with Gasteiger partial charge in [0.15, 0.2) is 11.5 Å². The Balaban J connectivity index is 2.13. The zero-order valence-corrected chi connectivity index (χ0v) is 15.9. The lowest BCUT2D eigenvalue weighted by atomic mass is 10.1. The molecular weight excluding hydrogens is 346 g/mol. The maximum absolute atomic E-state index is 12.5. The van der Waals surface area contributed by atoms with Crippen LogP contribution in [0.4, 0.5) is 5.69 Å². The van der Waals surface area contributed by atoms with E-state index >= 15 is 0 Å². The quantitative estimate of drug-likeness (QED) is 0.665. The summed E-state index contributed by atoms with van der Waals surface area (Å²) in [5, 5.41) is 2.80. The summed E-state index contributed by atoms with van der Waals surface area (Å²) < 4.78 is 16.1. The van der Waals surface area contributed by atoms with E-state index in [9.17, 15) is 9.59 Å². The van der Waals surface area contributed by atoms with Crippen LogP contribution in [0, 0.1) is 0 Å². The van der Waals surface area contributed by atoms with Crippen molar-refractivity contribution in [3.63, 3.8) is 0 Å². The summed E-state index contributed by atoms with van der Waals surface area (Å²) in [6.45, 7) is 5.17. The van der Waals surface area contributed by atoms with Crippen LogP contribution in [-0.4, -0.2) is 32.2 Å². The van der Waals surface area contributed by atoms with Crippen molar-refractivity contribution in [2.45, 2.75) is 26.7 Å². The Morgan fingerprint density at radius 1 is 0.852 bits per heavy atom. The van der Waals surface area contributed by atoms with E-state index < -0.39 is 5.97 Å². The molecule has 2 aromatic rings. The highest BCUT2D eigenvalue weighted by Gasteiger charge is 2.13. The summed E-state index contributed by atoms with van der Waals surface area (Å²) in [5.74, 6) is 0.487. The van der Waals surface area contributed by atoms with Crippen LogP contribution < -0.4 is 14.8 Å². The van der Waals surface area contributed by atoms with Gasteiger partial charge in [-0.15, -0.1) is 0 Å². The van der Waals surface area contributed by atoms with Crippen LogP contribution in [0.2, 0.25) is 0 Å². The maximum Gasteiger partial charge on any atom is 0.337 e. The molecule has 27 heavy (non-hydrogen) atoms. The highest BCUT2D eigenvalue weighted by atomic mass is 16.5. The number of nitrogens with one attached hydrogen (secondary N) is 1. The zero-order valence-electron chi connectivity index (χ0n) is 15.9. The number of rotatable bonds is 9. The van der Waals surface area contributed by atoms with Crippen molar-refractivity contribution in [1.82, 2.24) is 0 Å². The minimum Gasteiger partial charge on any atom is -0.490 e. The van der Waals surface area contributed by atoms with Crippen LogP contribution in [0.25, 0.3) is 0 Å². The van der Waals surface area contributed by atoms with Gasteiger partial charge in [0.05, 0.1) is 25.9 Å². The molecule has 144 valence electrons. The molecule has 2 aromatic carbocycles. The fraction of sp³-hybridized carbons (Fsp3) is 0.333. The number of amides is 1. The second-order valence-corrected chi connectivity index (χ2v) is 5.88. The minimum atomic E-state index is -0.423. The third kappa shape index (κ3) is 5.74. The molecule has 1 amide bonds. The lowest BCUT2D eigenvalue weighted by Crippen LogP contribution is -2.13. The molecule has 0 aliphatic carbocycles. The third-order valence-corrected chi connectivity index (χ3v) is 3.69. The van der Waals surface area contributed by atoms with Crippen molar-refractivity contribution >= 4 is 17.6 Å². The molecule has 0 saturated heterocycles. The maximum atomic E-state index is 12.5. The number of hydrogen-bond acceptors (Lipinski definition) is 5. The van der Waals surface area contributed by atoms with Gasteiger partial charge in [-0.1, -0.05) is 13.8 Å². The van der Waals surface area contributed by atoms with Gasteiger partial charge in [-0.3, -0.25) is 4.79 Å². The topological polar surface area (TPSA) is 73.9 Å². The Hall–Kier alpha value is -3.02. The van der Waals surface area contributed by atoms with Crippen molar-refractivity contribution in [3.8, 4) is 11.5 Å². The Morgan fingerprint density at radius 3 is 2.04 bits per heavy atom. The first-order valence-electron chi connectivity index (χ1n) is 8.98. The van der Waals surface area contributed by atoms with Crippen LogP contribution in [0.1, 0.15) is 47.4 Å². The van der Waals surface area contributed by atoms with Crippen LogP contribution in [-0.2, 0) is 4.74 Å². The second kappa shape index (κ2) is 10.2. The van der Waals surface area contributed by atoms with Crippen molar-refractivity contribution in [1.29, 1.82) is 0 Å². The van der Waals surface area contributed by atoms with Crippen LogP contribution >= 0.6 is 0 Å². The average Bonchev–Trinajstić information content (AvgIpc) is 2.70. The van der Waals surface area contributed by atoms with E-state index in [2.05, 4.69) is 10.1 Å². The smallest absolute Gasteiger partial charge is 0.337 e. The number of methoxy groups -OCH3 is 1. The van der Waals surface area contributed by atoms with E-state index in [-0.39, 0.29) is 5.91 Å². The molecule has 1 N–H and O–H groups in total. The molecule has 0 saturated carbocycles. The van der Waals surface area contributed by atoms with Gasteiger partial charge in [0.25, 0.3) is 5.91 Å². The van der Waals surface area contributed by atoms with E-state index in [1.165, 1.54) is 7.11 Å². The van der Waals surface area contributed by atoms with Crippen molar-refractivity contribution in [2.24, 2.45) is 0 Å². The predicted molar refractivity (Wildman–Crippen MR) is 104 cm³/mol. The Morgan fingerprint density at radius 2 is 1.44 bits per heavy atom. The fourth-order valence-electron chi connectivity index (χ4n) is 2.32. The van der Waals surface area contributed by atoms with E-state index in [0.717, 1.165) is 12.8 Å². The molecule has 0 atom stereocenters. The molecule has 0 aromatic heterocycles. The van der Waals surface area contributed by atoms with Gasteiger partial charge in [-0.25, -0.2) is 4.79 Å². The summed E-state index contributed by atoms with van der Waals surface area (Å²) in [6.07, 6.45) is 1.74. The van der Waals surface area contributed by atoms with Crippen molar-refractivity contribution < 1.29 is 23.8 Å².